The number of aliphatic hydroxyl groups is 2. The van der Waals surface area contributed by atoms with Gasteiger partial charge in [-0.25, -0.2) is 13.2 Å². The van der Waals surface area contributed by atoms with Gasteiger partial charge >= 0.3 is 12.2 Å². The lowest BCUT2D eigenvalue weighted by atomic mass is 9.99. The normalized spacial score (nSPS) is 21.1. The number of hydrogen-bond acceptors (Lipinski definition) is 10. The van der Waals surface area contributed by atoms with E-state index in [1.54, 1.807) is 12.1 Å². The van der Waals surface area contributed by atoms with Gasteiger partial charge < -0.3 is 29.3 Å². The zero-order valence-electron chi connectivity index (χ0n) is 25.9. The minimum Gasteiger partial charge on any atom is -0.467 e. The lowest BCUT2D eigenvalue weighted by molar-refractivity contribution is -0.375. The number of hydrogen-bond donors (Lipinski definition) is 2. The summed E-state index contributed by atoms with van der Waals surface area (Å²) >= 11 is 0. The summed E-state index contributed by atoms with van der Waals surface area (Å²) in [4.78, 5) is 17.3. The molecule has 3 aliphatic heterocycles. The molecule has 14 heteroatoms. The maximum Gasteiger partial charge on any atom is 0.492 e. The van der Waals surface area contributed by atoms with Crippen LogP contribution in [-0.2, 0) is 4.74 Å². The second kappa shape index (κ2) is 13.6. The number of aromatic nitrogens is 3. The third-order valence-electron chi connectivity index (χ3n) is 8.56. The van der Waals surface area contributed by atoms with E-state index >= 15 is 4.39 Å². The number of methoxy groups -OCH3 is 1. The Bertz CT molecular complexity index is 1790. The Morgan fingerprint density at radius 3 is 2.70 bits per heavy atom. The lowest BCUT2D eigenvalue weighted by Crippen LogP contribution is -2.30. The first kappa shape index (κ1) is 32.8. The SMILES string of the molecule is COc1nc(N2CCOCC(C)C2)c2cnc(-c3cccc4ccc(F)c(OC(O)(O)F)c34)c(F)c2n1.F/C=C1/CC2CCCN2C1. The lowest BCUT2D eigenvalue weighted by Gasteiger charge is -2.24. The summed E-state index contributed by atoms with van der Waals surface area (Å²) in [7, 11) is 1.36. The molecule has 10 nitrogen and oxygen atoms in total. The Kier molecular flexibility index (Phi) is 9.46. The zero-order valence-corrected chi connectivity index (χ0v) is 25.9. The van der Waals surface area contributed by atoms with Gasteiger partial charge in [-0.3, -0.25) is 9.88 Å². The molecule has 3 fully saturated rings. The van der Waals surface area contributed by atoms with E-state index in [9.17, 15) is 13.2 Å². The van der Waals surface area contributed by atoms with Crippen LogP contribution in [0.4, 0.5) is 23.4 Å². The van der Waals surface area contributed by atoms with Crippen molar-refractivity contribution in [1.82, 2.24) is 19.9 Å². The average molecular weight is 658 g/mol. The smallest absolute Gasteiger partial charge is 0.467 e. The van der Waals surface area contributed by atoms with E-state index in [1.165, 1.54) is 44.8 Å². The number of pyridine rings is 1. The highest BCUT2D eigenvalue weighted by atomic mass is 19.2. The van der Waals surface area contributed by atoms with Crippen LogP contribution in [0.5, 0.6) is 11.8 Å². The third kappa shape index (κ3) is 6.96. The van der Waals surface area contributed by atoms with Gasteiger partial charge in [-0.05, 0) is 48.8 Å². The Balaban J connectivity index is 0.000000327. The topological polar surface area (TPSA) is 113 Å². The van der Waals surface area contributed by atoms with Crippen molar-refractivity contribution in [3.05, 3.63) is 60.1 Å². The van der Waals surface area contributed by atoms with Crippen molar-refractivity contribution >= 4 is 27.5 Å². The molecule has 0 spiro atoms. The molecule has 2 aromatic heterocycles. The summed E-state index contributed by atoms with van der Waals surface area (Å²) in [6, 6.07) is 7.48. The van der Waals surface area contributed by atoms with E-state index in [-0.39, 0.29) is 34.1 Å². The molecule has 7 rings (SSSR count). The standard InChI is InChI=1S/C25H23F3N4O5.C8H12FN/c1-13-11-32(8-9-36-12-13)23-16-10-29-20(19(27)21(16)30-24(31-23)35-2)15-5-3-4-14-6-7-17(26)22(18(14)15)37-25(28,33)34;9-5-7-4-8-2-1-3-10(8)6-7/h3-7,10,13,33-34H,8-9,11-12H2,1-2H3;5,8H,1-4,6H2/b;7-5-. The summed E-state index contributed by atoms with van der Waals surface area (Å²) < 4.78 is 71.6. The van der Waals surface area contributed by atoms with Gasteiger partial charge in [0.25, 0.3) is 0 Å². The highest BCUT2D eigenvalue weighted by Gasteiger charge is 2.32. The molecular weight excluding hydrogens is 622 g/mol. The second-order valence-electron chi connectivity index (χ2n) is 12.0. The first-order valence-corrected chi connectivity index (χ1v) is 15.4. The largest absolute Gasteiger partial charge is 0.492 e. The van der Waals surface area contributed by atoms with Crippen LogP contribution in [0.2, 0.25) is 0 Å². The third-order valence-corrected chi connectivity index (χ3v) is 8.56. The van der Waals surface area contributed by atoms with Crippen LogP contribution in [0.15, 0.2) is 48.4 Å². The average Bonchev–Trinajstić information content (AvgIpc) is 3.59. The van der Waals surface area contributed by atoms with Crippen molar-refractivity contribution in [1.29, 1.82) is 0 Å². The first-order chi connectivity index (χ1) is 22.6. The minimum atomic E-state index is -4.17. The Morgan fingerprint density at radius 2 is 1.96 bits per heavy atom. The van der Waals surface area contributed by atoms with Crippen LogP contribution >= 0.6 is 0 Å². The first-order valence-electron chi connectivity index (χ1n) is 15.4. The summed E-state index contributed by atoms with van der Waals surface area (Å²) in [5.41, 5.74) is 0.675. The van der Waals surface area contributed by atoms with Crippen molar-refractivity contribution in [2.24, 2.45) is 5.92 Å². The summed E-state index contributed by atoms with van der Waals surface area (Å²) in [5, 5.41) is 18.8. The maximum absolute atomic E-state index is 16.1. The molecule has 2 N–H and O–H groups in total. The molecule has 3 aliphatic rings. The second-order valence-corrected chi connectivity index (χ2v) is 12.0. The highest BCUT2D eigenvalue weighted by Crippen LogP contribution is 2.40. The van der Waals surface area contributed by atoms with E-state index in [1.807, 2.05) is 11.8 Å². The zero-order chi connectivity index (χ0) is 33.3. The molecule has 47 heavy (non-hydrogen) atoms. The van der Waals surface area contributed by atoms with Crippen LogP contribution in [-0.4, -0.2) is 88.8 Å². The molecule has 3 saturated heterocycles. The number of alkyl halides is 1. The van der Waals surface area contributed by atoms with Gasteiger partial charge in [0.1, 0.15) is 17.0 Å². The monoisotopic (exact) mass is 657 g/mol. The number of fused-ring (bicyclic) bond motifs is 3. The summed E-state index contributed by atoms with van der Waals surface area (Å²) in [6.07, 6.45) is 1.59. The number of anilines is 1. The van der Waals surface area contributed by atoms with Gasteiger partial charge in [-0.1, -0.05) is 31.2 Å². The predicted octanol–water partition coefficient (Wildman–Crippen LogP) is 5.26. The summed E-state index contributed by atoms with van der Waals surface area (Å²) in [6.45, 7) is 6.26. The molecule has 0 aliphatic carbocycles. The van der Waals surface area contributed by atoms with Gasteiger partial charge in [0.05, 0.1) is 32.0 Å². The highest BCUT2D eigenvalue weighted by molar-refractivity contribution is 6.02. The van der Waals surface area contributed by atoms with Crippen molar-refractivity contribution in [2.45, 2.75) is 38.5 Å². The van der Waals surface area contributed by atoms with Gasteiger partial charge in [0.15, 0.2) is 17.4 Å². The number of benzene rings is 2. The fourth-order valence-corrected chi connectivity index (χ4v) is 6.50. The molecule has 2 unspecified atom stereocenters. The van der Waals surface area contributed by atoms with Crippen LogP contribution in [0.25, 0.3) is 32.9 Å². The number of halogens is 4. The van der Waals surface area contributed by atoms with Crippen LogP contribution in [0.1, 0.15) is 26.2 Å². The van der Waals surface area contributed by atoms with E-state index in [2.05, 4.69) is 24.6 Å². The van der Waals surface area contributed by atoms with E-state index in [0.29, 0.717) is 48.9 Å². The van der Waals surface area contributed by atoms with Crippen molar-refractivity contribution in [3.8, 4) is 23.0 Å². The van der Waals surface area contributed by atoms with Gasteiger partial charge in [0, 0.05) is 42.8 Å². The Hall–Kier alpha value is -4.11. The molecule has 0 radical (unpaired) electrons. The van der Waals surface area contributed by atoms with Gasteiger partial charge in [-0.15, -0.1) is 4.39 Å². The van der Waals surface area contributed by atoms with Crippen LogP contribution in [0.3, 0.4) is 0 Å². The summed E-state index contributed by atoms with van der Waals surface area (Å²) in [5.74, 6) is -2.15. The van der Waals surface area contributed by atoms with Crippen molar-refractivity contribution in [3.63, 3.8) is 0 Å². The van der Waals surface area contributed by atoms with Crippen LogP contribution in [0, 0.1) is 17.6 Å². The van der Waals surface area contributed by atoms with Gasteiger partial charge in [-0.2, -0.15) is 9.97 Å². The van der Waals surface area contributed by atoms with Crippen molar-refractivity contribution in [2.75, 3.05) is 51.4 Å². The molecule has 0 bridgehead atoms. The molecule has 2 atom stereocenters. The molecule has 0 amide bonds. The van der Waals surface area contributed by atoms with E-state index in [4.69, 9.17) is 19.7 Å². The molecular formula is C33H35F4N5O5. The van der Waals surface area contributed by atoms with E-state index < -0.39 is 23.6 Å². The quantitative estimate of drug-likeness (QED) is 0.218. The number of ether oxygens (including phenoxy) is 3. The fraction of sp³-hybridized carbons (Fsp3) is 0.424. The minimum absolute atomic E-state index is 0.0200. The molecule has 4 aromatic rings. The van der Waals surface area contributed by atoms with E-state index in [0.717, 1.165) is 30.9 Å². The molecule has 250 valence electrons. The fourth-order valence-electron chi connectivity index (χ4n) is 6.50. The Morgan fingerprint density at radius 1 is 1.13 bits per heavy atom. The molecule has 0 saturated carbocycles. The number of rotatable bonds is 5. The Labute approximate surface area is 268 Å². The van der Waals surface area contributed by atoms with Crippen molar-refractivity contribution < 1.29 is 42.0 Å². The van der Waals surface area contributed by atoms with Crippen LogP contribution < -0.4 is 14.4 Å². The van der Waals surface area contributed by atoms with Gasteiger partial charge in [0.2, 0.25) is 0 Å². The molecule has 5 heterocycles. The predicted molar refractivity (Wildman–Crippen MR) is 166 cm³/mol. The maximum atomic E-state index is 16.1. The number of nitrogens with zero attached hydrogens (tertiary/aromatic N) is 5. The molecule has 2 aromatic carbocycles.